The summed E-state index contributed by atoms with van der Waals surface area (Å²) in [7, 11) is 9.02. The van der Waals surface area contributed by atoms with Crippen molar-refractivity contribution in [3.05, 3.63) is 0 Å². The first-order chi connectivity index (χ1) is 12.9. The molecule has 0 radical (unpaired) electrons. The topological polar surface area (TPSA) is 3.24 Å². The van der Waals surface area contributed by atoms with Gasteiger partial charge in [0.15, 0.2) is 4.95 Å². The molecule has 0 amide bonds. The van der Waals surface area contributed by atoms with Gasteiger partial charge in [-0.2, -0.15) is 0 Å². The van der Waals surface area contributed by atoms with Crippen molar-refractivity contribution in [2.45, 2.75) is 115 Å². The van der Waals surface area contributed by atoms with Gasteiger partial charge in [0.2, 0.25) is 0 Å². The Hall–Kier alpha value is 0.400. The lowest BCUT2D eigenvalue weighted by Gasteiger charge is -2.36. The van der Waals surface area contributed by atoms with E-state index >= 15 is 0 Å². The van der Waals surface area contributed by atoms with E-state index in [1.54, 1.807) is 0 Å². The number of quaternary nitrogens is 1. The first-order valence-electron chi connectivity index (χ1n) is 12.0. The Morgan fingerprint density at radius 1 is 0.630 bits per heavy atom. The number of unbranched alkanes of at least 4 members (excludes halogenated alkanes) is 15. The highest BCUT2D eigenvalue weighted by Crippen LogP contribution is 2.17. The summed E-state index contributed by atoms with van der Waals surface area (Å²) in [5.74, 6) is 0. The van der Waals surface area contributed by atoms with Gasteiger partial charge >= 0.3 is 0 Å². The molecule has 0 fully saturated rings. The normalized spacial score (nSPS) is 13.4. The van der Waals surface area contributed by atoms with Gasteiger partial charge in [0.25, 0.3) is 0 Å². The molecule has 0 aromatic rings. The van der Waals surface area contributed by atoms with Crippen molar-refractivity contribution in [1.29, 1.82) is 0 Å². The minimum Gasteiger partial charge on any atom is -0.316 e. The Morgan fingerprint density at radius 2 is 0.963 bits per heavy atom. The molecular formula is C24H52BrN2+. The lowest BCUT2D eigenvalue weighted by atomic mass is 10.0. The van der Waals surface area contributed by atoms with Crippen LogP contribution in [-0.4, -0.2) is 55.6 Å². The zero-order valence-corrected chi connectivity index (χ0v) is 21.2. The van der Waals surface area contributed by atoms with E-state index in [4.69, 9.17) is 0 Å². The van der Waals surface area contributed by atoms with Gasteiger partial charge in [-0.15, -0.1) is 0 Å². The third-order valence-electron chi connectivity index (χ3n) is 5.86. The molecule has 0 saturated carbocycles. The van der Waals surface area contributed by atoms with Crippen LogP contribution in [0.15, 0.2) is 0 Å². The lowest BCUT2D eigenvalue weighted by molar-refractivity contribution is -0.898. The summed E-state index contributed by atoms with van der Waals surface area (Å²) in [4.78, 5) is 2.80. The summed E-state index contributed by atoms with van der Waals surface area (Å²) < 4.78 is 1.08. The average molecular weight is 449 g/mol. The van der Waals surface area contributed by atoms with Crippen molar-refractivity contribution in [2.75, 3.05) is 41.3 Å². The molecule has 0 aliphatic heterocycles. The third kappa shape index (κ3) is 18.2. The zero-order chi connectivity index (χ0) is 20.4. The molecule has 164 valence electrons. The van der Waals surface area contributed by atoms with Gasteiger partial charge < -0.3 is 9.38 Å². The van der Waals surface area contributed by atoms with Crippen LogP contribution < -0.4 is 0 Å². The summed E-state index contributed by atoms with van der Waals surface area (Å²) >= 11 is 3.88. The second-order valence-corrected chi connectivity index (χ2v) is 10.6. The average Bonchev–Trinajstić information content (AvgIpc) is 2.60. The molecule has 0 heterocycles. The maximum atomic E-state index is 3.88. The molecule has 1 unspecified atom stereocenters. The van der Waals surface area contributed by atoms with Gasteiger partial charge in [0, 0.05) is 0 Å². The minimum atomic E-state index is 0.531. The maximum Gasteiger partial charge on any atom is 0.156 e. The number of alkyl halides is 1. The van der Waals surface area contributed by atoms with Crippen LogP contribution in [0, 0.1) is 0 Å². The number of hydrogen-bond donors (Lipinski definition) is 0. The Balaban J connectivity index is 3.31. The van der Waals surface area contributed by atoms with Gasteiger partial charge in [0.05, 0.1) is 27.2 Å². The third-order valence-corrected chi connectivity index (χ3v) is 7.26. The second kappa shape index (κ2) is 18.4. The van der Waals surface area contributed by atoms with E-state index in [0.29, 0.717) is 4.95 Å². The van der Waals surface area contributed by atoms with E-state index in [9.17, 15) is 0 Å². The molecule has 0 bridgehead atoms. The molecule has 0 aromatic heterocycles. The Morgan fingerprint density at radius 3 is 1.30 bits per heavy atom. The Labute approximate surface area is 181 Å². The summed E-state index contributed by atoms with van der Waals surface area (Å²) in [6.45, 7) is 4.68. The first-order valence-corrected chi connectivity index (χ1v) is 12.9. The van der Waals surface area contributed by atoms with Crippen LogP contribution in [-0.2, 0) is 0 Å². The van der Waals surface area contributed by atoms with Crippen LogP contribution >= 0.6 is 15.9 Å². The Bertz CT molecular complexity index is 305. The number of halogens is 1. The van der Waals surface area contributed by atoms with E-state index in [2.05, 4.69) is 55.9 Å². The summed E-state index contributed by atoms with van der Waals surface area (Å²) in [5, 5.41) is 0. The summed E-state index contributed by atoms with van der Waals surface area (Å²) in [5.41, 5.74) is 0. The van der Waals surface area contributed by atoms with Crippen molar-refractivity contribution in [3.8, 4) is 0 Å². The fraction of sp³-hybridized carbons (Fsp3) is 1.00. The zero-order valence-electron chi connectivity index (χ0n) is 19.6. The van der Waals surface area contributed by atoms with Crippen molar-refractivity contribution in [1.82, 2.24) is 4.90 Å². The molecule has 0 rings (SSSR count). The number of rotatable bonds is 20. The Kier molecular flexibility index (Phi) is 18.7. The standard InChI is InChI=1S/C24H52BrN2/c1-6-7-8-9-10-11-12-13-14-15-16-17-18-19-20-21-22-27(4,5)24(25)23-26(2)3/h24H,6-23H2,1-5H3/q+1. The number of hydrogen-bond acceptors (Lipinski definition) is 1. The van der Waals surface area contributed by atoms with E-state index in [1.807, 2.05) is 0 Å². The summed E-state index contributed by atoms with van der Waals surface area (Å²) in [6.07, 6.45) is 23.1. The van der Waals surface area contributed by atoms with Gasteiger partial charge in [-0.25, -0.2) is 0 Å². The lowest BCUT2D eigenvalue weighted by Crippen LogP contribution is -2.50. The highest BCUT2D eigenvalue weighted by Gasteiger charge is 2.25. The predicted octanol–water partition coefficient (Wildman–Crippen LogP) is 7.61. The highest BCUT2D eigenvalue weighted by molar-refractivity contribution is 9.09. The molecule has 0 aliphatic carbocycles. The largest absolute Gasteiger partial charge is 0.316 e. The first kappa shape index (κ1) is 27.4. The maximum absolute atomic E-state index is 3.88. The number of nitrogens with zero attached hydrogens (tertiary/aromatic N) is 2. The molecule has 27 heavy (non-hydrogen) atoms. The molecular weight excluding hydrogens is 396 g/mol. The molecule has 0 spiro atoms. The SMILES string of the molecule is CCCCCCCCCCCCCCCCCC[N+](C)(C)C(Br)CN(C)C. The highest BCUT2D eigenvalue weighted by atomic mass is 79.9. The smallest absolute Gasteiger partial charge is 0.156 e. The van der Waals surface area contributed by atoms with E-state index in [1.165, 1.54) is 109 Å². The number of likely N-dealkylation sites (N-methyl/N-ethyl adjacent to an activating group) is 2. The van der Waals surface area contributed by atoms with Crippen molar-refractivity contribution in [3.63, 3.8) is 0 Å². The molecule has 0 N–H and O–H groups in total. The van der Waals surface area contributed by atoms with E-state index in [-0.39, 0.29) is 0 Å². The van der Waals surface area contributed by atoms with Gasteiger partial charge in [-0.05, 0) is 42.9 Å². The predicted molar refractivity (Wildman–Crippen MR) is 128 cm³/mol. The molecule has 0 saturated heterocycles. The van der Waals surface area contributed by atoms with Gasteiger partial charge in [0.1, 0.15) is 0 Å². The van der Waals surface area contributed by atoms with Crippen LogP contribution in [0.3, 0.4) is 0 Å². The van der Waals surface area contributed by atoms with Gasteiger partial charge in [-0.1, -0.05) is 96.8 Å². The van der Waals surface area contributed by atoms with Crippen LogP contribution in [0.4, 0.5) is 0 Å². The van der Waals surface area contributed by atoms with Crippen LogP contribution in [0.25, 0.3) is 0 Å². The van der Waals surface area contributed by atoms with Gasteiger partial charge in [-0.3, -0.25) is 0 Å². The fourth-order valence-electron chi connectivity index (χ4n) is 3.73. The molecule has 0 aromatic carbocycles. The quantitative estimate of drug-likeness (QED) is 0.0802. The van der Waals surface area contributed by atoms with Crippen LogP contribution in [0.1, 0.15) is 110 Å². The molecule has 3 heteroatoms. The van der Waals surface area contributed by atoms with E-state index < -0.39 is 0 Å². The molecule has 2 nitrogen and oxygen atoms in total. The fourth-order valence-corrected chi connectivity index (χ4v) is 4.51. The van der Waals surface area contributed by atoms with Crippen LogP contribution in [0.5, 0.6) is 0 Å². The summed E-state index contributed by atoms with van der Waals surface area (Å²) in [6, 6.07) is 0. The van der Waals surface area contributed by atoms with Crippen molar-refractivity contribution < 1.29 is 4.48 Å². The second-order valence-electron chi connectivity index (χ2n) is 9.50. The van der Waals surface area contributed by atoms with Crippen molar-refractivity contribution >= 4 is 15.9 Å². The van der Waals surface area contributed by atoms with Crippen molar-refractivity contribution in [2.24, 2.45) is 0 Å². The minimum absolute atomic E-state index is 0.531. The van der Waals surface area contributed by atoms with E-state index in [0.717, 1.165) is 11.0 Å². The monoisotopic (exact) mass is 447 g/mol. The van der Waals surface area contributed by atoms with Crippen LogP contribution in [0.2, 0.25) is 0 Å². The molecule has 1 atom stereocenters. The molecule has 0 aliphatic rings.